The standard InChI is InChI=1S/C18H18N6O/c1-2-23-12-14(11-19-23)15-10-17(25)24-18(20-15)21-16(22-24)9-8-13-6-4-3-5-7-13/h3-7,10-12H,2,8-9H2,1H3,(H,20,21,22). The van der Waals surface area contributed by atoms with Crippen LogP contribution >= 0.6 is 0 Å². The molecule has 3 aromatic heterocycles. The molecule has 0 fully saturated rings. The lowest BCUT2D eigenvalue weighted by atomic mass is 10.1. The highest BCUT2D eigenvalue weighted by Gasteiger charge is 2.11. The van der Waals surface area contributed by atoms with Crippen molar-refractivity contribution < 1.29 is 0 Å². The van der Waals surface area contributed by atoms with Crippen molar-refractivity contribution in [3.8, 4) is 11.3 Å². The summed E-state index contributed by atoms with van der Waals surface area (Å²) in [5, 5.41) is 7.27. The van der Waals surface area contributed by atoms with Gasteiger partial charge in [-0.1, -0.05) is 30.3 Å². The summed E-state index contributed by atoms with van der Waals surface area (Å²) >= 11 is 0. The van der Waals surface area contributed by atoms with Crippen LogP contribution in [0.25, 0.3) is 17.0 Å². The van der Waals surface area contributed by atoms with Gasteiger partial charge in [-0.3, -0.25) is 14.6 Å². The molecular weight excluding hydrogens is 316 g/mol. The van der Waals surface area contributed by atoms with Crippen LogP contribution in [0, 0.1) is 0 Å². The first-order valence-electron chi connectivity index (χ1n) is 8.28. The number of nitrogens with zero attached hydrogens (tertiary/aromatic N) is 5. The molecule has 4 rings (SSSR count). The molecular formula is C18H18N6O. The highest BCUT2D eigenvalue weighted by molar-refractivity contribution is 5.58. The molecule has 0 atom stereocenters. The quantitative estimate of drug-likeness (QED) is 0.606. The fourth-order valence-electron chi connectivity index (χ4n) is 2.76. The van der Waals surface area contributed by atoms with Gasteiger partial charge in [-0.05, 0) is 18.9 Å². The molecule has 0 aliphatic rings. The molecule has 0 spiro atoms. The summed E-state index contributed by atoms with van der Waals surface area (Å²) in [7, 11) is 0. The van der Waals surface area contributed by atoms with Crippen molar-refractivity contribution in [2.24, 2.45) is 0 Å². The maximum atomic E-state index is 12.4. The minimum Gasteiger partial charge on any atom is -0.275 e. The van der Waals surface area contributed by atoms with Gasteiger partial charge >= 0.3 is 0 Å². The van der Waals surface area contributed by atoms with E-state index in [1.54, 1.807) is 10.9 Å². The third kappa shape index (κ3) is 3.08. The maximum absolute atomic E-state index is 12.4. The molecule has 4 aromatic rings. The second-order valence-electron chi connectivity index (χ2n) is 5.86. The molecule has 0 bridgehead atoms. The molecule has 126 valence electrons. The van der Waals surface area contributed by atoms with Gasteiger partial charge in [0.25, 0.3) is 11.3 Å². The first-order valence-corrected chi connectivity index (χ1v) is 8.28. The number of hydrogen-bond donors (Lipinski definition) is 1. The third-order valence-electron chi connectivity index (χ3n) is 4.12. The van der Waals surface area contributed by atoms with E-state index < -0.39 is 0 Å². The topological polar surface area (TPSA) is 80.9 Å². The van der Waals surface area contributed by atoms with Crippen LogP contribution in [0.5, 0.6) is 0 Å². The van der Waals surface area contributed by atoms with Crippen molar-refractivity contribution >= 4 is 5.78 Å². The number of aryl methyl sites for hydroxylation is 3. The Morgan fingerprint density at radius 3 is 2.72 bits per heavy atom. The van der Waals surface area contributed by atoms with E-state index in [1.165, 1.54) is 16.1 Å². The Balaban J connectivity index is 1.63. The van der Waals surface area contributed by atoms with E-state index in [-0.39, 0.29) is 5.56 Å². The van der Waals surface area contributed by atoms with E-state index in [0.29, 0.717) is 11.5 Å². The number of H-pyrrole nitrogens is 1. The van der Waals surface area contributed by atoms with Gasteiger partial charge < -0.3 is 0 Å². The molecule has 0 aliphatic carbocycles. The van der Waals surface area contributed by atoms with Gasteiger partial charge in [0, 0.05) is 30.8 Å². The molecule has 0 radical (unpaired) electrons. The summed E-state index contributed by atoms with van der Waals surface area (Å²) in [6.07, 6.45) is 5.16. The molecule has 7 nitrogen and oxygen atoms in total. The molecule has 0 aliphatic heterocycles. The molecule has 0 saturated heterocycles. The van der Waals surface area contributed by atoms with Gasteiger partial charge in [0.05, 0.1) is 11.9 Å². The summed E-state index contributed by atoms with van der Waals surface area (Å²) < 4.78 is 3.18. The molecule has 0 unspecified atom stereocenters. The Morgan fingerprint density at radius 2 is 1.96 bits per heavy atom. The van der Waals surface area contributed by atoms with Crippen molar-refractivity contribution in [2.45, 2.75) is 26.3 Å². The second-order valence-corrected chi connectivity index (χ2v) is 5.86. The number of rotatable bonds is 5. The monoisotopic (exact) mass is 334 g/mol. The lowest BCUT2D eigenvalue weighted by Crippen LogP contribution is -2.14. The van der Waals surface area contributed by atoms with Gasteiger partial charge in [-0.15, -0.1) is 0 Å². The van der Waals surface area contributed by atoms with Crippen LogP contribution in [-0.4, -0.2) is 29.4 Å². The molecule has 3 heterocycles. The lowest BCUT2D eigenvalue weighted by molar-refractivity contribution is 0.660. The number of fused-ring (bicyclic) bond motifs is 1. The molecule has 0 amide bonds. The van der Waals surface area contributed by atoms with Crippen LogP contribution in [0.2, 0.25) is 0 Å². The van der Waals surface area contributed by atoms with E-state index in [4.69, 9.17) is 0 Å². The number of hydrogen-bond acceptors (Lipinski definition) is 4. The third-order valence-corrected chi connectivity index (χ3v) is 4.12. The first kappa shape index (κ1) is 15.3. The van der Waals surface area contributed by atoms with E-state index in [2.05, 4.69) is 32.3 Å². The number of aromatic amines is 1. The fraction of sp³-hybridized carbons (Fsp3) is 0.222. The summed E-state index contributed by atoms with van der Waals surface area (Å²) in [5.41, 5.74) is 2.46. The van der Waals surface area contributed by atoms with Gasteiger partial charge in [-0.2, -0.15) is 14.6 Å². The number of aromatic nitrogens is 6. The van der Waals surface area contributed by atoms with Crippen LogP contribution in [0.4, 0.5) is 0 Å². The summed E-state index contributed by atoms with van der Waals surface area (Å²) in [6, 6.07) is 11.7. The fourth-order valence-corrected chi connectivity index (χ4v) is 2.76. The van der Waals surface area contributed by atoms with Crippen LogP contribution in [0.3, 0.4) is 0 Å². The van der Waals surface area contributed by atoms with Crippen molar-refractivity contribution in [1.29, 1.82) is 0 Å². The highest BCUT2D eigenvalue weighted by Crippen LogP contribution is 2.15. The minimum atomic E-state index is -0.178. The Labute approximate surface area is 144 Å². The van der Waals surface area contributed by atoms with Gasteiger partial charge in [0.15, 0.2) is 0 Å². The number of benzene rings is 1. The maximum Gasteiger partial charge on any atom is 0.274 e. The minimum absolute atomic E-state index is 0.178. The Morgan fingerprint density at radius 1 is 1.12 bits per heavy atom. The number of nitrogens with one attached hydrogen (secondary N) is 1. The van der Waals surface area contributed by atoms with E-state index >= 15 is 0 Å². The van der Waals surface area contributed by atoms with Crippen molar-refractivity contribution in [3.63, 3.8) is 0 Å². The van der Waals surface area contributed by atoms with E-state index in [1.807, 2.05) is 31.3 Å². The Bertz CT molecular complexity index is 1060. The zero-order valence-electron chi connectivity index (χ0n) is 13.9. The van der Waals surface area contributed by atoms with Crippen molar-refractivity contribution in [1.82, 2.24) is 29.4 Å². The molecule has 1 aromatic carbocycles. The highest BCUT2D eigenvalue weighted by atomic mass is 16.1. The summed E-state index contributed by atoms with van der Waals surface area (Å²) in [4.78, 5) is 21.3. The average molecular weight is 334 g/mol. The van der Waals surface area contributed by atoms with Gasteiger partial charge in [0.2, 0.25) is 0 Å². The van der Waals surface area contributed by atoms with Crippen LogP contribution in [0.1, 0.15) is 18.3 Å². The summed E-state index contributed by atoms with van der Waals surface area (Å²) in [5.74, 6) is 1.13. The van der Waals surface area contributed by atoms with Crippen LogP contribution in [0.15, 0.2) is 53.6 Å². The normalized spacial score (nSPS) is 11.2. The van der Waals surface area contributed by atoms with E-state index in [9.17, 15) is 4.79 Å². The first-order chi connectivity index (χ1) is 12.2. The molecule has 7 heteroatoms. The zero-order valence-corrected chi connectivity index (χ0v) is 13.9. The summed E-state index contributed by atoms with van der Waals surface area (Å²) in [6.45, 7) is 2.78. The van der Waals surface area contributed by atoms with E-state index in [0.717, 1.165) is 30.8 Å². The lowest BCUT2D eigenvalue weighted by Gasteiger charge is -1.97. The Kier molecular flexibility index (Phi) is 3.89. The zero-order chi connectivity index (χ0) is 17.2. The van der Waals surface area contributed by atoms with Gasteiger partial charge in [0.1, 0.15) is 5.82 Å². The van der Waals surface area contributed by atoms with Gasteiger partial charge in [-0.25, -0.2) is 4.98 Å². The second kappa shape index (κ2) is 6.35. The SMILES string of the molecule is CCn1cc(-c2cc(=O)n3[nH]c(CCc4ccccc4)nc3n2)cn1. The van der Waals surface area contributed by atoms with Crippen molar-refractivity contribution in [3.05, 3.63) is 70.5 Å². The molecule has 25 heavy (non-hydrogen) atoms. The smallest absolute Gasteiger partial charge is 0.274 e. The van der Waals surface area contributed by atoms with Crippen LogP contribution in [-0.2, 0) is 19.4 Å². The van der Waals surface area contributed by atoms with Crippen molar-refractivity contribution in [2.75, 3.05) is 0 Å². The molecule has 1 N–H and O–H groups in total. The average Bonchev–Trinajstić information content (AvgIpc) is 3.27. The predicted octanol–water partition coefficient (Wildman–Crippen LogP) is 2.09. The predicted molar refractivity (Wildman–Crippen MR) is 94.4 cm³/mol. The Hall–Kier alpha value is -3.22. The molecule has 0 saturated carbocycles. The largest absolute Gasteiger partial charge is 0.275 e. The van der Waals surface area contributed by atoms with Crippen LogP contribution < -0.4 is 5.56 Å².